The van der Waals surface area contributed by atoms with Crippen LogP contribution >= 0.6 is 0 Å². The summed E-state index contributed by atoms with van der Waals surface area (Å²) in [6.07, 6.45) is 0.644. The smallest absolute Gasteiger partial charge is 0.338 e. The van der Waals surface area contributed by atoms with E-state index in [4.69, 9.17) is 15.6 Å². The largest absolute Gasteiger partial charge is 0.478 e. The lowest BCUT2D eigenvalue weighted by molar-refractivity contribution is 0.0691. The Morgan fingerprint density at radius 3 is 2.95 bits per heavy atom. The van der Waals surface area contributed by atoms with Crippen molar-refractivity contribution in [1.29, 1.82) is 0 Å². The molecule has 0 aromatic heterocycles. The van der Waals surface area contributed by atoms with Crippen LogP contribution in [0.2, 0.25) is 0 Å². The number of nitrogens with zero attached hydrogens (tertiary/aromatic N) is 1. The highest BCUT2D eigenvalue weighted by Crippen LogP contribution is 2.23. The maximum absolute atomic E-state index is 13.3. The number of carbonyl (C=O) groups is 1. The summed E-state index contributed by atoms with van der Waals surface area (Å²) < 4.78 is 18.6. The molecule has 1 heterocycles. The van der Waals surface area contributed by atoms with Crippen LogP contribution in [0.3, 0.4) is 0 Å². The van der Waals surface area contributed by atoms with E-state index in [9.17, 15) is 9.18 Å². The first-order valence-electron chi connectivity index (χ1n) is 6.09. The molecule has 19 heavy (non-hydrogen) atoms. The standard InChI is InChI=1S/C13H17FN2O3/c1-19-12-7-16(5-4-11(12)15)8-2-3-10(14)9(6-8)13(17)18/h2-3,6,11-12H,4-5,7,15H2,1H3,(H,17,18). The van der Waals surface area contributed by atoms with Crippen LogP contribution in [0.4, 0.5) is 10.1 Å². The van der Waals surface area contributed by atoms with Crippen molar-refractivity contribution in [3.8, 4) is 0 Å². The molecule has 2 rings (SSSR count). The molecular weight excluding hydrogens is 251 g/mol. The van der Waals surface area contributed by atoms with Gasteiger partial charge in [0.15, 0.2) is 0 Å². The monoisotopic (exact) mass is 268 g/mol. The number of nitrogens with two attached hydrogens (primary N) is 1. The number of methoxy groups -OCH3 is 1. The molecule has 1 saturated heterocycles. The third-order valence-electron chi connectivity index (χ3n) is 3.46. The molecule has 0 aliphatic carbocycles. The number of piperidine rings is 1. The molecule has 1 aliphatic heterocycles. The van der Waals surface area contributed by atoms with Crippen molar-refractivity contribution in [2.45, 2.75) is 18.6 Å². The predicted molar refractivity (Wildman–Crippen MR) is 69.0 cm³/mol. The molecule has 1 aromatic carbocycles. The van der Waals surface area contributed by atoms with Gasteiger partial charge in [0, 0.05) is 31.9 Å². The highest BCUT2D eigenvalue weighted by atomic mass is 19.1. The molecule has 0 amide bonds. The number of halogens is 1. The molecule has 5 nitrogen and oxygen atoms in total. The SMILES string of the molecule is COC1CN(c2ccc(F)c(C(=O)O)c2)CCC1N. The lowest BCUT2D eigenvalue weighted by atomic mass is 10.0. The second kappa shape index (κ2) is 5.54. The molecule has 3 N–H and O–H groups in total. The lowest BCUT2D eigenvalue weighted by Crippen LogP contribution is -2.51. The van der Waals surface area contributed by atoms with Crippen molar-refractivity contribution in [3.63, 3.8) is 0 Å². The van der Waals surface area contributed by atoms with Crippen LogP contribution < -0.4 is 10.6 Å². The van der Waals surface area contributed by atoms with E-state index in [1.165, 1.54) is 12.1 Å². The number of ether oxygens (including phenoxy) is 1. The molecule has 1 aliphatic rings. The number of hydrogen-bond acceptors (Lipinski definition) is 4. The summed E-state index contributed by atoms with van der Waals surface area (Å²) >= 11 is 0. The van der Waals surface area contributed by atoms with Crippen LogP contribution in [0, 0.1) is 5.82 Å². The summed E-state index contributed by atoms with van der Waals surface area (Å²) in [6.45, 7) is 1.27. The summed E-state index contributed by atoms with van der Waals surface area (Å²) in [5.41, 5.74) is 6.28. The lowest BCUT2D eigenvalue weighted by Gasteiger charge is -2.37. The van der Waals surface area contributed by atoms with Gasteiger partial charge in [-0.2, -0.15) is 0 Å². The Hall–Kier alpha value is -1.66. The Balaban J connectivity index is 2.22. The van der Waals surface area contributed by atoms with Crippen LogP contribution in [0.1, 0.15) is 16.8 Å². The summed E-state index contributed by atoms with van der Waals surface area (Å²) in [4.78, 5) is 12.9. The fourth-order valence-corrected chi connectivity index (χ4v) is 2.29. The first-order valence-corrected chi connectivity index (χ1v) is 6.09. The number of rotatable bonds is 3. The predicted octanol–water partition coefficient (Wildman–Crippen LogP) is 1.08. The van der Waals surface area contributed by atoms with E-state index in [1.54, 1.807) is 13.2 Å². The maximum atomic E-state index is 13.3. The van der Waals surface area contributed by atoms with Gasteiger partial charge in [-0.1, -0.05) is 0 Å². The second-order valence-electron chi connectivity index (χ2n) is 4.64. The van der Waals surface area contributed by atoms with Crippen LogP contribution in [0.15, 0.2) is 18.2 Å². The third kappa shape index (κ3) is 2.85. The van der Waals surface area contributed by atoms with Crippen molar-refractivity contribution in [1.82, 2.24) is 0 Å². The van der Waals surface area contributed by atoms with Gasteiger partial charge >= 0.3 is 5.97 Å². The van der Waals surface area contributed by atoms with Gasteiger partial charge in [0.25, 0.3) is 0 Å². The minimum Gasteiger partial charge on any atom is -0.478 e. The quantitative estimate of drug-likeness (QED) is 0.857. The minimum atomic E-state index is -1.27. The van der Waals surface area contributed by atoms with Crippen LogP contribution in [0.25, 0.3) is 0 Å². The first-order chi connectivity index (χ1) is 9.02. The highest BCUT2D eigenvalue weighted by molar-refractivity contribution is 5.89. The van der Waals surface area contributed by atoms with Crippen molar-refractivity contribution >= 4 is 11.7 Å². The second-order valence-corrected chi connectivity index (χ2v) is 4.64. The number of aromatic carboxylic acids is 1. The number of carboxylic acid groups (broad SMARTS) is 1. The van der Waals surface area contributed by atoms with Gasteiger partial charge in [-0.25, -0.2) is 9.18 Å². The van der Waals surface area contributed by atoms with Crippen LogP contribution in [-0.2, 0) is 4.74 Å². The Morgan fingerprint density at radius 1 is 1.58 bits per heavy atom. The van der Waals surface area contributed by atoms with Gasteiger partial charge in [0.05, 0.1) is 11.7 Å². The summed E-state index contributed by atoms with van der Waals surface area (Å²) in [5, 5.41) is 8.93. The van der Waals surface area contributed by atoms with E-state index in [0.29, 0.717) is 18.8 Å². The van der Waals surface area contributed by atoms with E-state index < -0.39 is 11.8 Å². The average molecular weight is 268 g/mol. The molecule has 6 heteroatoms. The number of benzene rings is 1. The van der Waals surface area contributed by atoms with Crippen molar-refractivity contribution in [2.75, 3.05) is 25.1 Å². The fourth-order valence-electron chi connectivity index (χ4n) is 2.29. The minimum absolute atomic E-state index is 0.0272. The topological polar surface area (TPSA) is 75.8 Å². The van der Waals surface area contributed by atoms with E-state index in [-0.39, 0.29) is 17.7 Å². The van der Waals surface area contributed by atoms with Crippen molar-refractivity contribution in [3.05, 3.63) is 29.6 Å². The molecule has 104 valence electrons. The normalized spacial score (nSPS) is 23.4. The van der Waals surface area contributed by atoms with Gasteiger partial charge in [-0.3, -0.25) is 0 Å². The van der Waals surface area contributed by atoms with E-state index in [1.807, 2.05) is 4.90 Å². The molecule has 2 atom stereocenters. The zero-order valence-corrected chi connectivity index (χ0v) is 10.7. The van der Waals surface area contributed by atoms with Gasteiger partial charge in [0.2, 0.25) is 0 Å². The van der Waals surface area contributed by atoms with E-state index in [0.717, 1.165) is 6.42 Å². The molecule has 0 radical (unpaired) electrons. The van der Waals surface area contributed by atoms with Crippen molar-refractivity contribution < 1.29 is 19.0 Å². The van der Waals surface area contributed by atoms with Gasteiger partial charge in [-0.05, 0) is 24.6 Å². The molecule has 2 unspecified atom stereocenters. The highest BCUT2D eigenvalue weighted by Gasteiger charge is 2.27. The summed E-state index contributed by atoms with van der Waals surface area (Å²) in [5.74, 6) is -2.00. The van der Waals surface area contributed by atoms with E-state index >= 15 is 0 Å². The molecule has 0 spiro atoms. The number of anilines is 1. The van der Waals surface area contributed by atoms with Crippen molar-refractivity contribution in [2.24, 2.45) is 5.73 Å². The summed E-state index contributed by atoms with van der Waals surface area (Å²) in [6, 6.07) is 4.07. The molecule has 0 bridgehead atoms. The Kier molecular flexibility index (Phi) is 4.01. The number of hydrogen-bond donors (Lipinski definition) is 2. The van der Waals surface area contributed by atoms with Crippen LogP contribution in [0.5, 0.6) is 0 Å². The zero-order valence-electron chi connectivity index (χ0n) is 10.7. The third-order valence-corrected chi connectivity index (χ3v) is 3.46. The fraction of sp³-hybridized carbons (Fsp3) is 0.462. The van der Waals surface area contributed by atoms with Gasteiger partial charge in [0.1, 0.15) is 5.82 Å². The molecular formula is C13H17FN2O3. The van der Waals surface area contributed by atoms with Gasteiger partial charge < -0.3 is 20.5 Å². The summed E-state index contributed by atoms with van der Waals surface area (Å²) in [7, 11) is 1.60. The number of carboxylic acids is 1. The molecule has 1 fully saturated rings. The molecule has 1 aromatic rings. The zero-order chi connectivity index (χ0) is 14.0. The Labute approximate surface area is 110 Å². The first kappa shape index (κ1) is 13.8. The average Bonchev–Trinajstić information content (AvgIpc) is 2.39. The molecule has 0 saturated carbocycles. The maximum Gasteiger partial charge on any atom is 0.338 e. The van der Waals surface area contributed by atoms with Gasteiger partial charge in [-0.15, -0.1) is 0 Å². The van der Waals surface area contributed by atoms with E-state index in [2.05, 4.69) is 0 Å². The Morgan fingerprint density at radius 2 is 2.32 bits per heavy atom. The van der Waals surface area contributed by atoms with Crippen LogP contribution in [-0.4, -0.2) is 43.4 Å². The Bertz CT molecular complexity index is 481.